The number of carbonyl (C=O) groups excluding carboxylic acids is 3. The molecule has 4 rings (SSSR count). The van der Waals surface area contributed by atoms with Gasteiger partial charge in [-0.15, -0.1) is 0 Å². The lowest BCUT2D eigenvalue weighted by atomic mass is 9.95. The quantitative estimate of drug-likeness (QED) is 0.631. The lowest BCUT2D eigenvalue weighted by Crippen LogP contribution is -2.52. The van der Waals surface area contributed by atoms with Gasteiger partial charge in [0.1, 0.15) is 4.60 Å². The van der Waals surface area contributed by atoms with Crippen molar-refractivity contribution < 1.29 is 14.4 Å². The molecule has 2 aliphatic rings. The molecule has 11 heteroatoms. The zero-order valence-corrected chi connectivity index (χ0v) is 21.6. The fourth-order valence-corrected chi connectivity index (χ4v) is 4.90. The number of piperidine rings is 1. The summed E-state index contributed by atoms with van der Waals surface area (Å²) in [5.41, 5.74) is 0.841. The van der Waals surface area contributed by atoms with Crippen LogP contribution in [-0.4, -0.2) is 88.3 Å². The molecule has 2 saturated heterocycles. The van der Waals surface area contributed by atoms with Crippen molar-refractivity contribution in [2.75, 3.05) is 51.6 Å². The number of amides is 3. The first-order valence-electron chi connectivity index (χ1n) is 11.3. The molecule has 0 aliphatic carbocycles. The normalized spacial score (nSPS) is 17.6. The average Bonchev–Trinajstić information content (AvgIpc) is 3.17. The number of likely N-dealkylation sites (tertiary alicyclic amines) is 1. The third kappa shape index (κ3) is 5.29. The zero-order valence-electron chi connectivity index (χ0n) is 19.3. The highest BCUT2D eigenvalue weighted by atomic mass is 79.9. The molecule has 1 aromatic heterocycles. The number of nitrogens with zero attached hydrogens (tertiary/aromatic N) is 5. The van der Waals surface area contributed by atoms with E-state index in [0.29, 0.717) is 42.0 Å². The van der Waals surface area contributed by atoms with Gasteiger partial charge in [-0.1, -0.05) is 11.6 Å². The van der Waals surface area contributed by atoms with E-state index in [1.807, 2.05) is 4.90 Å². The maximum atomic E-state index is 13.1. The molecule has 0 atom stereocenters. The number of piperazine rings is 1. The number of carbonyl (C=O) groups is 3. The van der Waals surface area contributed by atoms with Crippen LogP contribution in [0.15, 0.2) is 29.0 Å². The standard InChI is InChI=1S/C23H28BrClN6O3/c1-28-7-5-15(6-8-28)22(33)30-9-11-31(12-10-30)23(34)17-4-3-16(13-18(17)25)27-21(32)20-26-14-19(24)29(20)2/h3-4,13-15H,5-12H2,1-2H3,(H,27,32). The Hall–Kier alpha value is -2.43. The molecule has 182 valence electrons. The Morgan fingerprint density at radius 2 is 1.68 bits per heavy atom. The van der Waals surface area contributed by atoms with Crippen LogP contribution in [0.25, 0.3) is 0 Å². The molecule has 2 aliphatic heterocycles. The number of rotatable bonds is 4. The zero-order chi connectivity index (χ0) is 24.4. The van der Waals surface area contributed by atoms with Gasteiger partial charge in [-0.3, -0.25) is 14.4 Å². The third-order valence-corrected chi connectivity index (χ3v) is 7.59. The third-order valence-electron chi connectivity index (χ3n) is 6.54. The molecule has 0 spiro atoms. The Morgan fingerprint density at radius 1 is 1.03 bits per heavy atom. The van der Waals surface area contributed by atoms with E-state index >= 15 is 0 Å². The van der Waals surface area contributed by atoms with Crippen LogP contribution >= 0.6 is 27.5 Å². The second kappa shape index (κ2) is 10.5. The average molecular weight is 552 g/mol. The van der Waals surface area contributed by atoms with Gasteiger partial charge in [-0.2, -0.15) is 0 Å². The monoisotopic (exact) mass is 550 g/mol. The van der Waals surface area contributed by atoms with E-state index in [-0.39, 0.29) is 34.5 Å². The minimum Gasteiger partial charge on any atom is -0.339 e. The van der Waals surface area contributed by atoms with E-state index in [0.717, 1.165) is 25.9 Å². The summed E-state index contributed by atoms with van der Waals surface area (Å²) < 4.78 is 2.30. The first-order chi connectivity index (χ1) is 16.2. The summed E-state index contributed by atoms with van der Waals surface area (Å²) in [7, 11) is 3.80. The molecule has 3 amide bonds. The summed E-state index contributed by atoms with van der Waals surface area (Å²) in [6.45, 7) is 3.90. The number of benzene rings is 1. The van der Waals surface area contributed by atoms with Crippen LogP contribution in [0.2, 0.25) is 5.02 Å². The van der Waals surface area contributed by atoms with Crippen molar-refractivity contribution in [3.8, 4) is 0 Å². The number of hydrogen-bond donors (Lipinski definition) is 1. The summed E-state index contributed by atoms with van der Waals surface area (Å²) in [6, 6.07) is 4.82. The van der Waals surface area contributed by atoms with Gasteiger partial charge in [0.15, 0.2) is 5.82 Å². The van der Waals surface area contributed by atoms with Gasteiger partial charge in [0, 0.05) is 44.8 Å². The first kappa shape index (κ1) is 24.7. The van der Waals surface area contributed by atoms with Crippen LogP contribution in [0, 0.1) is 5.92 Å². The predicted octanol–water partition coefficient (Wildman–Crippen LogP) is 2.71. The summed E-state index contributed by atoms with van der Waals surface area (Å²) in [5, 5.41) is 3.01. The van der Waals surface area contributed by atoms with Crippen LogP contribution in [0.3, 0.4) is 0 Å². The summed E-state index contributed by atoms with van der Waals surface area (Å²) in [6.07, 6.45) is 3.33. The minimum atomic E-state index is -0.381. The molecule has 0 unspecified atom stereocenters. The largest absolute Gasteiger partial charge is 0.339 e. The van der Waals surface area contributed by atoms with Gasteiger partial charge >= 0.3 is 0 Å². The van der Waals surface area contributed by atoms with Crippen molar-refractivity contribution >= 4 is 50.9 Å². The highest BCUT2D eigenvalue weighted by Crippen LogP contribution is 2.25. The Balaban J connectivity index is 1.34. The second-order valence-electron chi connectivity index (χ2n) is 8.81. The summed E-state index contributed by atoms with van der Waals surface area (Å²) >= 11 is 9.72. The Kier molecular flexibility index (Phi) is 7.59. The van der Waals surface area contributed by atoms with Crippen molar-refractivity contribution in [2.45, 2.75) is 12.8 Å². The molecule has 2 fully saturated rings. The van der Waals surface area contributed by atoms with Crippen LogP contribution in [0.5, 0.6) is 0 Å². The number of nitrogens with one attached hydrogen (secondary N) is 1. The van der Waals surface area contributed by atoms with Crippen molar-refractivity contribution in [1.29, 1.82) is 0 Å². The van der Waals surface area contributed by atoms with Crippen LogP contribution in [0.4, 0.5) is 5.69 Å². The summed E-state index contributed by atoms with van der Waals surface area (Å²) in [4.78, 5) is 48.3. The fourth-order valence-electron chi connectivity index (χ4n) is 4.37. The number of anilines is 1. The first-order valence-corrected chi connectivity index (χ1v) is 12.5. The smallest absolute Gasteiger partial charge is 0.291 e. The maximum Gasteiger partial charge on any atom is 0.291 e. The van der Waals surface area contributed by atoms with E-state index in [4.69, 9.17) is 11.6 Å². The van der Waals surface area contributed by atoms with Crippen LogP contribution in [0.1, 0.15) is 33.8 Å². The number of halogens is 2. The van der Waals surface area contributed by atoms with E-state index in [1.54, 1.807) is 40.9 Å². The van der Waals surface area contributed by atoms with Crippen molar-refractivity contribution in [3.63, 3.8) is 0 Å². The SMILES string of the molecule is CN1CCC(C(=O)N2CCN(C(=O)c3ccc(NC(=O)c4ncc(Br)n4C)cc3Cl)CC2)CC1. The molecule has 9 nitrogen and oxygen atoms in total. The Bertz CT molecular complexity index is 1090. The van der Waals surface area contributed by atoms with Gasteiger partial charge in [0.05, 0.1) is 16.8 Å². The lowest BCUT2D eigenvalue weighted by molar-refractivity contribution is -0.138. The topological polar surface area (TPSA) is 90.8 Å². The predicted molar refractivity (Wildman–Crippen MR) is 133 cm³/mol. The molecule has 1 N–H and O–H groups in total. The van der Waals surface area contributed by atoms with Crippen molar-refractivity contribution in [2.24, 2.45) is 13.0 Å². The minimum absolute atomic E-state index is 0.0857. The molecule has 0 saturated carbocycles. The maximum absolute atomic E-state index is 13.1. The Morgan fingerprint density at radius 3 is 2.26 bits per heavy atom. The Labute approximate surface area is 212 Å². The van der Waals surface area contributed by atoms with Crippen LogP contribution < -0.4 is 5.32 Å². The molecule has 34 heavy (non-hydrogen) atoms. The number of hydrogen-bond acceptors (Lipinski definition) is 5. The molecular weight excluding hydrogens is 524 g/mol. The molecule has 3 heterocycles. The van der Waals surface area contributed by atoms with Crippen molar-refractivity contribution in [1.82, 2.24) is 24.3 Å². The molecule has 1 aromatic carbocycles. The number of imidazole rings is 1. The van der Waals surface area contributed by atoms with E-state index < -0.39 is 0 Å². The van der Waals surface area contributed by atoms with Gasteiger partial charge in [0.25, 0.3) is 11.8 Å². The molecule has 0 bridgehead atoms. The highest BCUT2D eigenvalue weighted by Gasteiger charge is 2.31. The van der Waals surface area contributed by atoms with Gasteiger partial charge in [-0.05, 0) is 67.1 Å². The van der Waals surface area contributed by atoms with Gasteiger partial charge in [0.2, 0.25) is 5.91 Å². The number of aromatic nitrogens is 2. The molecule has 0 radical (unpaired) electrons. The van der Waals surface area contributed by atoms with Gasteiger partial charge < -0.3 is 24.6 Å². The van der Waals surface area contributed by atoms with E-state index in [1.165, 1.54) is 0 Å². The van der Waals surface area contributed by atoms with Crippen molar-refractivity contribution in [3.05, 3.63) is 45.4 Å². The van der Waals surface area contributed by atoms with Gasteiger partial charge in [-0.25, -0.2) is 4.98 Å². The second-order valence-corrected chi connectivity index (χ2v) is 10.0. The fraction of sp³-hybridized carbons (Fsp3) is 0.478. The van der Waals surface area contributed by atoms with Crippen LogP contribution in [-0.2, 0) is 11.8 Å². The highest BCUT2D eigenvalue weighted by molar-refractivity contribution is 9.10. The lowest BCUT2D eigenvalue weighted by Gasteiger charge is -2.38. The van der Waals surface area contributed by atoms with E-state index in [9.17, 15) is 14.4 Å². The molecular formula is C23H28BrClN6O3. The summed E-state index contributed by atoms with van der Waals surface area (Å²) in [5.74, 6) is -0.0209. The van der Waals surface area contributed by atoms with E-state index in [2.05, 4.69) is 38.2 Å². The molecule has 2 aromatic rings.